The van der Waals surface area contributed by atoms with E-state index in [1.807, 2.05) is 35.3 Å². The van der Waals surface area contributed by atoms with E-state index >= 15 is 0 Å². The molecule has 0 atom stereocenters. The Bertz CT molecular complexity index is 809. The molecule has 7 nitrogen and oxygen atoms in total. The highest BCUT2D eigenvalue weighted by atomic mass is 15.3. The molecule has 7 heteroatoms. The smallest absolute Gasteiger partial charge is 0.180 e. The van der Waals surface area contributed by atoms with Gasteiger partial charge in [-0.3, -0.25) is 9.67 Å². The second kappa shape index (κ2) is 7.14. The van der Waals surface area contributed by atoms with Crippen LogP contribution in [0.2, 0.25) is 0 Å². The first kappa shape index (κ1) is 16.0. The quantitative estimate of drug-likeness (QED) is 0.708. The molecule has 130 valence electrons. The molecule has 0 radical (unpaired) electrons. The average molecular weight is 337 g/mol. The van der Waals surface area contributed by atoms with Gasteiger partial charge in [-0.25, -0.2) is 9.97 Å². The standard InChI is InChI=1S/C18H23N7/c1-23(17-4-3-16-18(22-17)20-9-8-19-16)15-5-11-24(12-6-15)13-14-25-10-2-7-21-25/h2-4,7-10,15H,5-6,11-14H2,1H3. The summed E-state index contributed by atoms with van der Waals surface area (Å²) in [5, 5.41) is 4.27. The topological polar surface area (TPSA) is 63.0 Å². The lowest BCUT2D eigenvalue weighted by molar-refractivity contribution is 0.201. The third-order valence-corrected chi connectivity index (χ3v) is 4.99. The van der Waals surface area contributed by atoms with Gasteiger partial charge in [0.15, 0.2) is 5.65 Å². The van der Waals surface area contributed by atoms with Crippen molar-refractivity contribution in [3.05, 3.63) is 43.0 Å². The van der Waals surface area contributed by atoms with Gasteiger partial charge in [0, 0.05) is 57.5 Å². The first-order chi connectivity index (χ1) is 12.3. The number of hydrogen-bond acceptors (Lipinski definition) is 6. The Hall–Kier alpha value is -2.54. The SMILES string of the molecule is CN(c1ccc2nccnc2n1)C1CCN(CCn2cccn2)CC1. The van der Waals surface area contributed by atoms with Crippen LogP contribution in [0, 0.1) is 0 Å². The van der Waals surface area contributed by atoms with Crippen LogP contribution in [0.5, 0.6) is 0 Å². The van der Waals surface area contributed by atoms with Gasteiger partial charge in [-0.05, 0) is 31.0 Å². The van der Waals surface area contributed by atoms with Crippen LogP contribution in [0.3, 0.4) is 0 Å². The zero-order chi connectivity index (χ0) is 17.1. The molecule has 0 aromatic carbocycles. The predicted octanol–water partition coefficient (Wildman–Crippen LogP) is 1.82. The summed E-state index contributed by atoms with van der Waals surface area (Å²) < 4.78 is 2.00. The van der Waals surface area contributed by atoms with E-state index in [0.29, 0.717) is 11.7 Å². The van der Waals surface area contributed by atoms with E-state index in [9.17, 15) is 0 Å². The molecular weight excluding hydrogens is 314 g/mol. The highest BCUT2D eigenvalue weighted by Crippen LogP contribution is 2.22. The van der Waals surface area contributed by atoms with Gasteiger partial charge in [-0.2, -0.15) is 5.10 Å². The lowest BCUT2D eigenvalue weighted by atomic mass is 10.0. The molecule has 0 amide bonds. The number of anilines is 1. The summed E-state index contributed by atoms with van der Waals surface area (Å²) in [6.45, 7) is 4.24. The molecule has 1 fully saturated rings. The Kier molecular flexibility index (Phi) is 4.56. The molecule has 0 unspecified atom stereocenters. The molecule has 1 aliphatic heterocycles. The minimum atomic E-state index is 0.516. The largest absolute Gasteiger partial charge is 0.357 e. The van der Waals surface area contributed by atoms with Crippen molar-refractivity contribution in [1.82, 2.24) is 29.6 Å². The van der Waals surface area contributed by atoms with E-state index in [4.69, 9.17) is 0 Å². The van der Waals surface area contributed by atoms with Gasteiger partial charge < -0.3 is 9.80 Å². The minimum Gasteiger partial charge on any atom is -0.357 e. The number of piperidine rings is 1. The Morgan fingerprint density at radius 3 is 2.72 bits per heavy atom. The molecule has 0 spiro atoms. The van der Waals surface area contributed by atoms with E-state index in [1.165, 1.54) is 0 Å². The molecule has 0 N–H and O–H groups in total. The summed E-state index contributed by atoms with van der Waals surface area (Å²) >= 11 is 0. The first-order valence-corrected chi connectivity index (χ1v) is 8.80. The minimum absolute atomic E-state index is 0.516. The Morgan fingerprint density at radius 1 is 1.08 bits per heavy atom. The zero-order valence-corrected chi connectivity index (χ0v) is 14.5. The maximum atomic E-state index is 4.67. The van der Waals surface area contributed by atoms with Crippen molar-refractivity contribution in [2.75, 3.05) is 31.6 Å². The Balaban J connectivity index is 1.34. The van der Waals surface area contributed by atoms with Crippen LogP contribution < -0.4 is 4.90 Å². The van der Waals surface area contributed by atoms with Crippen molar-refractivity contribution in [3.63, 3.8) is 0 Å². The summed E-state index contributed by atoms with van der Waals surface area (Å²) in [5.74, 6) is 0.975. The molecule has 4 heterocycles. The van der Waals surface area contributed by atoms with E-state index in [-0.39, 0.29) is 0 Å². The highest BCUT2D eigenvalue weighted by Gasteiger charge is 2.23. The van der Waals surface area contributed by atoms with E-state index in [0.717, 1.165) is 50.4 Å². The maximum Gasteiger partial charge on any atom is 0.180 e. The van der Waals surface area contributed by atoms with Crippen LogP contribution in [0.15, 0.2) is 43.0 Å². The van der Waals surface area contributed by atoms with Crippen LogP contribution in [0.25, 0.3) is 11.2 Å². The third-order valence-electron chi connectivity index (χ3n) is 4.99. The first-order valence-electron chi connectivity index (χ1n) is 8.80. The molecular formula is C18H23N7. The molecule has 0 bridgehead atoms. The van der Waals surface area contributed by atoms with Gasteiger partial charge >= 0.3 is 0 Å². The number of likely N-dealkylation sites (tertiary alicyclic amines) is 1. The second-order valence-corrected chi connectivity index (χ2v) is 6.52. The van der Waals surface area contributed by atoms with Crippen molar-refractivity contribution in [3.8, 4) is 0 Å². The van der Waals surface area contributed by atoms with E-state index < -0.39 is 0 Å². The van der Waals surface area contributed by atoms with Crippen molar-refractivity contribution in [2.24, 2.45) is 0 Å². The van der Waals surface area contributed by atoms with Gasteiger partial charge in [0.2, 0.25) is 0 Å². The Labute approximate surface area is 147 Å². The van der Waals surface area contributed by atoms with Gasteiger partial charge in [-0.15, -0.1) is 0 Å². The van der Waals surface area contributed by atoms with Crippen molar-refractivity contribution >= 4 is 17.0 Å². The van der Waals surface area contributed by atoms with Crippen LogP contribution in [0.4, 0.5) is 5.82 Å². The highest BCUT2D eigenvalue weighted by molar-refractivity contribution is 5.71. The fourth-order valence-electron chi connectivity index (χ4n) is 3.43. The molecule has 1 saturated heterocycles. The van der Waals surface area contributed by atoms with Crippen LogP contribution in [-0.4, -0.2) is 62.4 Å². The number of rotatable bonds is 5. The number of aromatic nitrogens is 5. The predicted molar refractivity (Wildman–Crippen MR) is 97.4 cm³/mol. The molecule has 3 aromatic rings. The fraction of sp³-hybridized carbons (Fsp3) is 0.444. The summed E-state index contributed by atoms with van der Waals surface area (Å²) in [7, 11) is 2.13. The van der Waals surface area contributed by atoms with Crippen molar-refractivity contribution in [1.29, 1.82) is 0 Å². The normalized spacial score (nSPS) is 16.4. The van der Waals surface area contributed by atoms with Gasteiger partial charge in [0.05, 0.1) is 6.54 Å². The van der Waals surface area contributed by atoms with Crippen LogP contribution in [0.1, 0.15) is 12.8 Å². The second-order valence-electron chi connectivity index (χ2n) is 6.52. The van der Waals surface area contributed by atoms with E-state index in [2.05, 4.69) is 36.9 Å². The molecule has 4 rings (SSSR count). The van der Waals surface area contributed by atoms with Gasteiger partial charge in [-0.1, -0.05) is 0 Å². The molecule has 0 saturated carbocycles. The molecule has 0 aliphatic carbocycles. The monoisotopic (exact) mass is 337 g/mol. The number of nitrogens with zero attached hydrogens (tertiary/aromatic N) is 7. The lowest BCUT2D eigenvalue weighted by Crippen LogP contribution is -2.44. The zero-order valence-electron chi connectivity index (χ0n) is 14.5. The van der Waals surface area contributed by atoms with Gasteiger partial charge in [0.25, 0.3) is 0 Å². The van der Waals surface area contributed by atoms with Crippen LogP contribution >= 0.6 is 0 Å². The van der Waals surface area contributed by atoms with Crippen molar-refractivity contribution < 1.29 is 0 Å². The molecule has 25 heavy (non-hydrogen) atoms. The number of fused-ring (bicyclic) bond motifs is 1. The summed E-state index contributed by atoms with van der Waals surface area (Å²) in [6.07, 6.45) is 9.55. The summed E-state index contributed by atoms with van der Waals surface area (Å²) in [5.41, 5.74) is 1.55. The molecule has 1 aliphatic rings. The number of hydrogen-bond donors (Lipinski definition) is 0. The average Bonchev–Trinajstić information content (AvgIpc) is 3.19. The Morgan fingerprint density at radius 2 is 1.92 bits per heavy atom. The van der Waals surface area contributed by atoms with E-state index in [1.54, 1.807) is 12.4 Å². The number of pyridine rings is 1. The molecule has 3 aromatic heterocycles. The summed E-state index contributed by atoms with van der Waals surface area (Å²) in [4.78, 5) is 18.1. The third kappa shape index (κ3) is 3.61. The van der Waals surface area contributed by atoms with Gasteiger partial charge in [0.1, 0.15) is 11.3 Å². The lowest BCUT2D eigenvalue weighted by Gasteiger charge is -2.37. The van der Waals surface area contributed by atoms with Crippen molar-refractivity contribution in [2.45, 2.75) is 25.4 Å². The van der Waals surface area contributed by atoms with Crippen LogP contribution in [-0.2, 0) is 6.54 Å². The maximum absolute atomic E-state index is 4.67. The fourth-order valence-corrected chi connectivity index (χ4v) is 3.43. The summed E-state index contributed by atoms with van der Waals surface area (Å²) in [6, 6.07) is 6.53.